The Bertz CT molecular complexity index is 1260. The van der Waals surface area contributed by atoms with Gasteiger partial charge in [0, 0.05) is 24.9 Å². The van der Waals surface area contributed by atoms with Gasteiger partial charge in [-0.25, -0.2) is 4.39 Å². The summed E-state index contributed by atoms with van der Waals surface area (Å²) in [5.74, 6) is -0.393. The Hall–Kier alpha value is -3.87. The lowest BCUT2D eigenvalue weighted by Gasteiger charge is -2.24. The summed E-state index contributed by atoms with van der Waals surface area (Å²) in [5.41, 5.74) is 1.94. The van der Waals surface area contributed by atoms with Crippen molar-refractivity contribution in [1.82, 2.24) is 4.90 Å². The lowest BCUT2D eigenvalue weighted by atomic mass is 9.91. The van der Waals surface area contributed by atoms with Crippen LogP contribution in [0.25, 0.3) is 0 Å². The molecule has 0 fully saturated rings. The summed E-state index contributed by atoms with van der Waals surface area (Å²) in [6.45, 7) is 5.51. The molecule has 7 heteroatoms. The molecule has 0 saturated heterocycles. The minimum Gasteiger partial charge on any atom is -0.491 e. The molecule has 0 saturated carbocycles. The topological polar surface area (TPSA) is 76.1 Å². The van der Waals surface area contributed by atoms with Crippen LogP contribution in [-0.4, -0.2) is 40.1 Å². The zero-order chi connectivity index (χ0) is 25.9. The summed E-state index contributed by atoms with van der Waals surface area (Å²) >= 11 is 0. The molecule has 6 nitrogen and oxygen atoms in total. The highest BCUT2D eigenvalue weighted by molar-refractivity contribution is 5.96. The van der Waals surface area contributed by atoms with E-state index in [9.17, 15) is 19.1 Å². The van der Waals surface area contributed by atoms with Crippen molar-refractivity contribution in [3.05, 3.63) is 94.8 Å². The minimum atomic E-state index is -1.09. The van der Waals surface area contributed by atoms with Gasteiger partial charge in [-0.2, -0.15) is 0 Å². The smallest absolute Gasteiger partial charge is 0.323 e. The first-order chi connectivity index (χ1) is 17.1. The molecule has 1 aliphatic heterocycles. The minimum absolute atomic E-state index is 0.0401. The number of benzene rings is 3. The van der Waals surface area contributed by atoms with Gasteiger partial charge < -0.3 is 19.5 Å². The number of aliphatic carboxylic acids is 1. The number of rotatable bonds is 9. The zero-order valence-electron chi connectivity index (χ0n) is 20.7. The molecule has 1 aliphatic rings. The third kappa shape index (κ3) is 6.03. The van der Waals surface area contributed by atoms with Gasteiger partial charge in [-0.05, 0) is 73.9 Å². The van der Waals surface area contributed by atoms with Crippen LogP contribution in [0.2, 0.25) is 0 Å². The van der Waals surface area contributed by atoms with Crippen molar-refractivity contribution < 1.29 is 28.6 Å². The van der Waals surface area contributed by atoms with E-state index in [2.05, 4.69) is 0 Å². The van der Waals surface area contributed by atoms with E-state index < -0.39 is 18.1 Å². The second-order valence-corrected chi connectivity index (χ2v) is 9.68. The summed E-state index contributed by atoms with van der Waals surface area (Å²) < 4.78 is 26.0. The van der Waals surface area contributed by atoms with Crippen LogP contribution < -0.4 is 9.47 Å². The molecular weight excluding hydrogens is 461 g/mol. The maximum Gasteiger partial charge on any atom is 0.323 e. The number of halogens is 1. The van der Waals surface area contributed by atoms with Gasteiger partial charge in [-0.1, -0.05) is 30.3 Å². The molecule has 4 rings (SSSR count). The summed E-state index contributed by atoms with van der Waals surface area (Å²) in [6.07, 6.45) is 0.936. The molecule has 3 aromatic carbocycles. The summed E-state index contributed by atoms with van der Waals surface area (Å²) in [5, 5.41) is 9.42. The Balaban J connectivity index is 1.50. The molecule has 0 radical (unpaired) electrons. The van der Waals surface area contributed by atoms with E-state index in [4.69, 9.17) is 9.47 Å². The Kier molecular flexibility index (Phi) is 7.29. The number of amides is 1. The number of hydrogen-bond donors (Lipinski definition) is 1. The number of carbonyl (C=O) groups excluding carboxylic acids is 1. The van der Waals surface area contributed by atoms with E-state index >= 15 is 0 Å². The van der Waals surface area contributed by atoms with Crippen LogP contribution in [-0.2, 0) is 24.2 Å². The van der Waals surface area contributed by atoms with Crippen molar-refractivity contribution >= 4 is 11.9 Å². The molecule has 188 valence electrons. The van der Waals surface area contributed by atoms with Gasteiger partial charge in [0.05, 0.1) is 6.10 Å². The first kappa shape index (κ1) is 25.2. The second-order valence-electron chi connectivity index (χ2n) is 9.68. The van der Waals surface area contributed by atoms with Crippen molar-refractivity contribution in [3.8, 4) is 11.5 Å². The van der Waals surface area contributed by atoms with E-state index in [1.54, 1.807) is 36.4 Å². The second kappa shape index (κ2) is 10.4. The van der Waals surface area contributed by atoms with Crippen LogP contribution in [0.4, 0.5) is 4.39 Å². The maximum absolute atomic E-state index is 14.2. The van der Waals surface area contributed by atoms with Gasteiger partial charge in [0.15, 0.2) is 0 Å². The number of ether oxygens (including phenoxy) is 2. The molecule has 1 atom stereocenters. The highest BCUT2D eigenvalue weighted by Crippen LogP contribution is 2.38. The fourth-order valence-corrected chi connectivity index (χ4v) is 4.51. The zero-order valence-corrected chi connectivity index (χ0v) is 20.7. The molecule has 0 aliphatic carbocycles. The first-order valence-corrected chi connectivity index (χ1v) is 11.9. The number of nitrogens with zero attached hydrogens (tertiary/aromatic N) is 1. The largest absolute Gasteiger partial charge is 0.491 e. The van der Waals surface area contributed by atoms with Crippen LogP contribution in [0.1, 0.15) is 47.8 Å². The van der Waals surface area contributed by atoms with Crippen LogP contribution in [0.3, 0.4) is 0 Å². The molecule has 0 spiro atoms. The van der Waals surface area contributed by atoms with E-state index in [0.29, 0.717) is 35.5 Å². The van der Waals surface area contributed by atoms with Gasteiger partial charge in [0.2, 0.25) is 0 Å². The van der Waals surface area contributed by atoms with Gasteiger partial charge in [-0.15, -0.1) is 0 Å². The van der Waals surface area contributed by atoms with E-state index in [1.165, 1.54) is 11.0 Å². The third-order valence-corrected chi connectivity index (χ3v) is 6.03. The average Bonchev–Trinajstić information content (AvgIpc) is 3.15. The predicted molar refractivity (Wildman–Crippen MR) is 134 cm³/mol. The summed E-state index contributed by atoms with van der Waals surface area (Å²) in [6, 6.07) is 19.0. The predicted octanol–water partition coefficient (Wildman–Crippen LogP) is 5.28. The molecular formula is C29H30FNO5. The van der Waals surface area contributed by atoms with Gasteiger partial charge in [-0.3, -0.25) is 9.59 Å². The molecule has 1 N–H and O–H groups in total. The standard InChI is InChI=1S/C29H30FNO5/c1-19(2)35-24-11-8-20(9-12-24)17-31(18-27(32)33)28(34)21-10-13-26-23(14-21)16-29(3,36-26)15-22-6-4-5-7-25(22)30/h4-14,19H,15-18H2,1-3H3,(H,32,33)/t29-/m0/s1. The third-order valence-electron chi connectivity index (χ3n) is 6.03. The monoisotopic (exact) mass is 491 g/mol. The number of carboxylic acid groups (broad SMARTS) is 1. The van der Waals surface area contributed by atoms with Crippen molar-refractivity contribution in [2.24, 2.45) is 0 Å². The summed E-state index contributed by atoms with van der Waals surface area (Å²) in [4.78, 5) is 26.2. The van der Waals surface area contributed by atoms with Crippen LogP contribution >= 0.6 is 0 Å². The Labute approximate surface area is 210 Å². The van der Waals surface area contributed by atoms with Crippen molar-refractivity contribution in [2.45, 2.75) is 51.9 Å². The molecule has 36 heavy (non-hydrogen) atoms. The fraction of sp³-hybridized carbons (Fsp3) is 0.310. The molecule has 0 unspecified atom stereocenters. The van der Waals surface area contributed by atoms with E-state index in [0.717, 1.165) is 11.1 Å². The Morgan fingerprint density at radius 1 is 1.11 bits per heavy atom. The number of carboxylic acids is 1. The molecule has 1 amide bonds. The van der Waals surface area contributed by atoms with Crippen molar-refractivity contribution in [3.63, 3.8) is 0 Å². The molecule has 0 aromatic heterocycles. The number of fused-ring (bicyclic) bond motifs is 1. The van der Waals surface area contributed by atoms with E-state index in [-0.39, 0.29) is 24.4 Å². The van der Waals surface area contributed by atoms with Crippen molar-refractivity contribution in [2.75, 3.05) is 6.54 Å². The first-order valence-electron chi connectivity index (χ1n) is 11.9. The number of hydrogen-bond acceptors (Lipinski definition) is 4. The van der Waals surface area contributed by atoms with Gasteiger partial charge in [0.25, 0.3) is 5.91 Å². The van der Waals surface area contributed by atoms with E-state index in [1.807, 2.05) is 45.0 Å². The number of carbonyl (C=O) groups is 2. The Morgan fingerprint density at radius 3 is 2.50 bits per heavy atom. The normalized spacial score (nSPS) is 16.4. The summed E-state index contributed by atoms with van der Waals surface area (Å²) in [7, 11) is 0. The average molecular weight is 492 g/mol. The maximum atomic E-state index is 14.2. The fourth-order valence-electron chi connectivity index (χ4n) is 4.51. The van der Waals surface area contributed by atoms with Crippen LogP contribution in [0.5, 0.6) is 11.5 Å². The molecule has 0 bridgehead atoms. The van der Waals surface area contributed by atoms with Crippen molar-refractivity contribution in [1.29, 1.82) is 0 Å². The molecule has 3 aromatic rings. The Morgan fingerprint density at radius 2 is 1.83 bits per heavy atom. The highest BCUT2D eigenvalue weighted by Gasteiger charge is 2.36. The molecule has 1 heterocycles. The lowest BCUT2D eigenvalue weighted by Crippen LogP contribution is -2.35. The van der Waals surface area contributed by atoms with Crippen LogP contribution in [0.15, 0.2) is 66.7 Å². The van der Waals surface area contributed by atoms with Crippen LogP contribution in [0, 0.1) is 5.82 Å². The van der Waals surface area contributed by atoms with Gasteiger partial charge in [0.1, 0.15) is 29.5 Å². The highest BCUT2D eigenvalue weighted by atomic mass is 19.1. The SMILES string of the molecule is CC(C)Oc1ccc(CN(CC(=O)O)C(=O)c2ccc3c(c2)C[C@](C)(Cc2ccccc2F)O3)cc1. The quantitative estimate of drug-likeness (QED) is 0.441. The van der Waals surface area contributed by atoms with Gasteiger partial charge >= 0.3 is 5.97 Å². The lowest BCUT2D eigenvalue weighted by molar-refractivity contribution is -0.137.